The van der Waals surface area contributed by atoms with Crippen molar-refractivity contribution >= 4 is 51.3 Å². The number of nitro groups is 1. The van der Waals surface area contributed by atoms with Crippen molar-refractivity contribution in [1.29, 1.82) is 0 Å². The first-order valence-electron chi connectivity index (χ1n) is 8.60. The van der Waals surface area contributed by atoms with Crippen LogP contribution in [0.1, 0.15) is 25.3 Å². The average Bonchev–Trinajstić information content (AvgIpc) is 2.65. The van der Waals surface area contributed by atoms with Gasteiger partial charge in [-0.25, -0.2) is 13.1 Å². The van der Waals surface area contributed by atoms with Crippen molar-refractivity contribution in [2.24, 2.45) is 10.7 Å². The predicted molar refractivity (Wildman–Crippen MR) is 124 cm³/mol. The fourth-order valence-electron chi connectivity index (χ4n) is 2.37. The standard InChI is InChI=1S/C18H23N5O4S.HI/c1-13(2)14-5-3-6-15(11-14)22-18(19)20-9-10-21-28(26,27)17-8-4-7-16(12-17)23(24)25;/h3-8,11-13,21H,9-10H2,1-2H3,(H3,19,20,22);1H. The molecule has 0 atom stereocenters. The Labute approximate surface area is 187 Å². The van der Waals surface area contributed by atoms with Crippen LogP contribution < -0.4 is 15.8 Å². The molecule has 4 N–H and O–H groups in total. The van der Waals surface area contributed by atoms with Gasteiger partial charge in [0.25, 0.3) is 5.69 Å². The zero-order chi connectivity index (χ0) is 20.7. The second-order valence-corrected chi connectivity index (χ2v) is 8.09. The molecule has 0 radical (unpaired) electrons. The number of aliphatic imine (C=N–C) groups is 1. The SMILES string of the molecule is CC(C)c1cccc(NC(N)=NCCNS(=O)(=O)c2cccc([N+](=O)[O-])c2)c1.I. The monoisotopic (exact) mass is 533 g/mol. The maximum Gasteiger partial charge on any atom is 0.270 e. The number of nitrogens with one attached hydrogen (secondary N) is 2. The zero-order valence-electron chi connectivity index (χ0n) is 16.0. The lowest BCUT2D eigenvalue weighted by Gasteiger charge is -2.10. The second kappa shape index (κ2) is 11.1. The molecule has 0 aliphatic carbocycles. The Hall–Kier alpha value is -2.25. The largest absolute Gasteiger partial charge is 0.370 e. The van der Waals surface area contributed by atoms with Gasteiger partial charge < -0.3 is 11.1 Å². The molecule has 0 aliphatic heterocycles. The Balaban J connectivity index is 0.00000420. The summed E-state index contributed by atoms with van der Waals surface area (Å²) in [5.74, 6) is 0.540. The number of nitrogens with zero attached hydrogens (tertiary/aromatic N) is 2. The van der Waals surface area contributed by atoms with Crippen LogP contribution in [0.15, 0.2) is 58.4 Å². The molecular formula is C18H24IN5O4S. The molecule has 158 valence electrons. The first kappa shape index (κ1) is 24.8. The number of nitro benzene ring substituents is 1. The fraction of sp³-hybridized carbons (Fsp3) is 0.278. The third-order valence-corrected chi connectivity index (χ3v) is 5.31. The highest BCUT2D eigenvalue weighted by Gasteiger charge is 2.16. The molecule has 0 amide bonds. The quantitative estimate of drug-likeness (QED) is 0.119. The molecule has 29 heavy (non-hydrogen) atoms. The van der Waals surface area contributed by atoms with E-state index < -0.39 is 14.9 Å². The molecule has 2 aromatic rings. The van der Waals surface area contributed by atoms with Gasteiger partial charge in [-0.1, -0.05) is 32.0 Å². The number of nitrogens with two attached hydrogens (primary N) is 1. The summed E-state index contributed by atoms with van der Waals surface area (Å²) in [4.78, 5) is 14.0. The van der Waals surface area contributed by atoms with Crippen LogP contribution in [0, 0.1) is 10.1 Å². The van der Waals surface area contributed by atoms with Crippen LogP contribution in [0.5, 0.6) is 0 Å². The first-order chi connectivity index (χ1) is 13.2. The summed E-state index contributed by atoms with van der Waals surface area (Å²) >= 11 is 0. The van der Waals surface area contributed by atoms with E-state index in [-0.39, 0.29) is 53.6 Å². The molecule has 0 saturated carbocycles. The van der Waals surface area contributed by atoms with Crippen LogP contribution in [-0.4, -0.2) is 32.4 Å². The number of sulfonamides is 1. The van der Waals surface area contributed by atoms with E-state index in [1.807, 2.05) is 24.3 Å². The number of hydrogen-bond acceptors (Lipinski definition) is 5. The highest BCUT2D eigenvalue weighted by Crippen LogP contribution is 2.18. The van der Waals surface area contributed by atoms with Gasteiger partial charge in [0.2, 0.25) is 10.0 Å². The minimum absolute atomic E-state index is 0. The average molecular weight is 533 g/mol. The van der Waals surface area contributed by atoms with Crippen LogP contribution in [-0.2, 0) is 10.0 Å². The van der Waals surface area contributed by atoms with Gasteiger partial charge in [0.1, 0.15) is 0 Å². The van der Waals surface area contributed by atoms with E-state index in [1.165, 1.54) is 18.2 Å². The maximum absolute atomic E-state index is 12.2. The second-order valence-electron chi connectivity index (χ2n) is 6.32. The maximum atomic E-state index is 12.2. The Morgan fingerprint density at radius 1 is 1.21 bits per heavy atom. The molecule has 0 aromatic heterocycles. The van der Waals surface area contributed by atoms with Crippen molar-refractivity contribution in [3.05, 3.63) is 64.2 Å². The molecule has 2 aromatic carbocycles. The van der Waals surface area contributed by atoms with Crippen molar-refractivity contribution in [3.8, 4) is 0 Å². The van der Waals surface area contributed by atoms with Crippen LogP contribution in [0.25, 0.3) is 0 Å². The molecule has 11 heteroatoms. The molecule has 0 saturated heterocycles. The summed E-state index contributed by atoms with van der Waals surface area (Å²) in [6.07, 6.45) is 0. The number of guanidine groups is 1. The van der Waals surface area contributed by atoms with Gasteiger partial charge in [0, 0.05) is 24.4 Å². The summed E-state index contributed by atoms with van der Waals surface area (Å²) in [6.45, 7) is 4.28. The lowest BCUT2D eigenvalue weighted by atomic mass is 10.0. The summed E-state index contributed by atoms with van der Waals surface area (Å²) < 4.78 is 26.8. The van der Waals surface area contributed by atoms with Gasteiger partial charge in [0.05, 0.1) is 16.4 Å². The minimum Gasteiger partial charge on any atom is -0.370 e. The van der Waals surface area contributed by atoms with Crippen molar-refractivity contribution in [3.63, 3.8) is 0 Å². The third kappa shape index (κ3) is 7.59. The number of rotatable bonds is 8. The van der Waals surface area contributed by atoms with Crippen molar-refractivity contribution < 1.29 is 13.3 Å². The van der Waals surface area contributed by atoms with Gasteiger partial charge in [-0.3, -0.25) is 15.1 Å². The highest BCUT2D eigenvalue weighted by molar-refractivity contribution is 14.0. The van der Waals surface area contributed by atoms with Gasteiger partial charge in [-0.2, -0.15) is 0 Å². The number of non-ortho nitro benzene ring substituents is 1. The van der Waals surface area contributed by atoms with E-state index in [9.17, 15) is 18.5 Å². The number of hydrogen-bond donors (Lipinski definition) is 3. The lowest BCUT2D eigenvalue weighted by molar-refractivity contribution is -0.385. The van der Waals surface area contributed by atoms with Crippen molar-refractivity contribution in [1.82, 2.24) is 4.72 Å². The van der Waals surface area contributed by atoms with Gasteiger partial charge in [-0.15, -0.1) is 24.0 Å². The molecule has 0 spiro atoms. The minimum atomic E-state index is -3.87. The summed E-state index contributed by atoms with van der Waals surface area (Å²) in [5, 5.41) is 13.7. The molecule has 0 bridgehead atoms. The topological polar surface area (TPSA) is 140 Å². The molecule has 0 unspecified atom stereocenters. The molecule has 2 rings (SSSR count). The highest BCUT2D eigenvalue weighted by atomic mass is 127. The van der Waals surface area contributed by atoms with Crippen LogP contribution >= 0.6 is 24.0 Å². The Bertz CT molecular complexity index is 980. The van der Waals surface area contributed by atoms with Gasteiger partial charge in [0.15, 0.2) is 5.96 Å². The Morgan fingerprint density at radius 3 is 2.55 bits per heavy atom. The molecule has 0 fully saturated rings. The van der Waals surface area contributed by atoms with Crippen molar-refractivity contribution in [2.75, 3.05) is 18.4 Å². The lowest BCUT2D eigenvalue weighted by Crippen LogP contribution is -2.28. The summed E-state index contributed by atoms with van der Waals surface area (Å²) in [6, 6.07) is 12.6. The molecule has 9 nitrogen and oxygen atoms in total. The summed E-state index contributed by atoms with van der Waals surface area (Å²) in [7, 11) is -3.87. The van der Waals surface area contributed by atoms with E-state index in [2.05, 4.69) is 28.9 Å². The van der Waals surface area contributed by atoms with Crippen molar-refractivity contribution in [2.45, 2.75) is 24.7 Å². The van der Waals surface area contributed by atoms with E-state index in [0.717, 1.165) is 17.3 Å². The van der Waals surface area contributed by atoms with E-state index in [1.54, 1.807) is 0 Å². The Kier molecular flexibility index (Phi) is 9.46. The zero-order valence-corrected chi connectivity index (χ0v) is 19.2. The number of halogens is 1. The van der Waals surface area contributed by atoms with E-state index in [4.69, 9.17) is 5.73 Å². The predicted octanol–water partition coefficient (Wildman–Crippen LogP) is 3.04. The van der Waals surface area contributed by atoms with E-state index in [0.29, 0.717) is 5.92 Å². The summed E-state index contributed by atoms with van der Waals surface area (Å²) in [5.41, 5.74) is 7.49. The van der Waals surface area contributed by atoms with Crippen LogP contribution in [0.2, 0.25) is 0 Å². The smallest absolute Gasteiger partial charge is 0.270 e. The van der Waals surface area contributed by atoms with Gasteiger partial charge >= 0.3 is 0 Å². The molecule has 0 aliphatic rings. The number of benzene rings is 2. The van der Waals surface area contributed by atoms with Crippen LogP contribution in [0.3, 0.4) is 0 Å². The van der Waals surface area contributed by atoms with Gasteiger partial charge in [-0.05, 0) is 29.7 Å². The molecule has 0 heterocycles. The Morgan fingerprint density at radius 2 is 1.90 bits per heavy atom. The van der Waals surface area contributed by atoms with Crippen LogP contribution in [0.4, 0.5) is 11.4 Å². The number of anilines is 1. The first-order valence-corrected chi connectivity index (χ1v) is 10.1. The third-order valence-electron chi connectivity index (χ3n) is 3.85. The van der Waals surface area contributed by atoms with E-state index >= 15 is 0 Å². The molecular weight excluding hydrogens is 509 g/mol. The fourth-order valence-corrected chi connectivity index (χ4v) is 3.43. The normalized spacial score (nSPS) is 11.8.